The Labute approximate surface area is 109 Å². The fourth-order valence-electron chi connectivity index (χ4n) is 1.58. The van der Waals surface area contributed by atoms with Gasteiger partial charge in [-0.2, -0.15) is 5.26 Å². The van der Waals surface area contributed by atoms with Crippen LogP contribution in [0.1, 0.15) is 25.8 Å². The van der Waals surface area contributed by atoms with E-state index in [1.807, 2.05) is 26.0 Å². The zero-order valence-corrected chi connectivity index (χ0v) is 11.0. The maximum Gasteiger partial charge on any atom is 0.159 e. The molecular formula is C14H20N2O2. The molecule has 0 aromatic heterocycles. The summed E-state index contributed by atoms with van der Waals surface area (Å²) in [6.07, 6.45) is 0.646. The molecule has 0 aliphatic rings. The van der Waals surface area contributed by atoms with E-state index in [0.717, 1.165) is 18.7 Å². The Kier molecular flexibility index (Phi) is 6.85. The van der Waals surface area contributed by atoms with Crippen LogP contribution < -0.4 is 5.32 Å². The minimum absolute atomic E-state index is 0.147. The topological polar surface area (TPSA) is 54.3 Å². The van der Waals surface area contributed by atoms with Crippen LogP contribution in [0, 0.1) is 11.3 Å². The van der Waals surface area contributed by atoms with Gasteiger partial charge in [0.2, 0.25) is 0 Å². The van der Waals surface area contributed by atoms with Crippen molar-refractivity contribution in [3.8, 4) is 6.07 Å². The second-order valence-corrected chi connectivity index (χ2v) is 3.74. The summed E-state index contributed by atoms with van der Waals surface area (Å²) in [6, 6.07) is 9.48. The van der Waals surface area contributed by atoms with Gasteiger partial charge in [0.1, 0.15) is 0 Å². The van der Waals surface area contributed by atoms with Crippen LogP contribution in [0.2, 0.25) is 0 Å². The predicted molar refractivity (Wildman–Crippen MR) is 71.3 cm³/mol. The molecule has 4 heteroatoms. The number of nitriles is 1. The maximum atomic E-state index is 8.69. The Balaban J connectivity index is 2.33. The van der Waals surface area contributed by atoms with Crippen LogP contribution in [0.5, 0.6) is 0 Å². The number of rotatable bonds is 8. The maximum absolute atomic E-state index is 8.69. The third-order valence-electron chi connectivity index (χ3n) is 2.43. The highest BCUT2D eigenvalue weighted by Crippen LogP contribution is 2.09. The van der Waals surface area contributed by atoms with Gasteiger partial charge in [-0.05, 0) is 38.1 Å². The van der Waals surface area contributed by atoms with Gasteiger partial charge < -0.3 is 14.8 Å². The molecule has 1 N–H and O–H groups in total. The first-order valence-corrected chi connectivity index (χ1v) is 6.27. The molecule has 4 nitrogen and oxygen atoms in total. The number of hydrogen-bond acceptors (Lipinski definition) is 4. The first kappa shape index (κ1) is 14.5. The standard InChI is InChI=1S/C14H20N2O2/c1-3-17-14(18-4-2)9-10-16-13-7-5-12(11-15)6-8-13/h5-8,14,16H,3-4,9-10H2,1-2H3. The number of nitrogens with zero attached hydrogens (tertiary/aromatic N) is 1. The van der Waals surface area contributed by atoms with Gasteiger partial charge in [0.25, 0.3) is 0 Å². The first-order valence-electron chi connectivity index (χ1n) is 6.27. The zero-order valence-electron chi connectivity index (χ0n) is 11.0. The van der Waals surface area contributed by atoms with E-state index in [1.54, 1.807) is 12.1 Å². The van der Waals surface area contributed by atoms with Gasteiger partial charge in [0.15, 0.2) is 6.29 Å². The van der Waals surface area contributed by atoms with E-state index in [2.05, 4.69) is 11.4 Å². The fourth-order valence-corrected chi connectivity index (χ4v) is 1.58. The van der Waals surface area contributed by atoms with Crippen LogP contribution in [0.3, 0.4) is 0 Å². The van der Waals surface area contributed by atoms with Crippen LogP contribution in [0.4, 0.5) is 5.69 Å². The van der Waals surface area contributed by atoms with E-state index >= 15 is 0 Å². The Morgan fingerprint density at radius 3 is 2.28 bits per heavy atom. The Bertz CT molecular complexity index is 364. The van der Waals surface area contributed by atoms with Crippen molar-refractivity contribution in [1.82, 2.24) is 0 Å². The molecule has 0 bridgehead atoms. The Morgan fingerprint density at radius 1 is 1.17 bits per heavy atom. The van der Waals surface area contributed by atoms with Crippen molar-refractivity contribution in [1.29, 1.82) is 5.26 Å². The largest absolute Gasteiger partial charge is 0.385 e. The molecular weight excluding hydrogens is 228 g/mol. The highest BCUT2D eigenvalue weighted by atomic mass is 16.7. The molecule has 0 radical (unpaired) electrons. The van der Waals surface area contributed by atoms with Crippen molar-refractivity contribution in [3.63, 3.8) is 0 Å². The first-order chi connectivity index (χ1) is 8.80. The molecule has 0 fully saturated rings. The third-order valence-corrected chi connectivity index (χ3v) is 2.43. The van der Waals surface area contributed by atoms with E-state index in [-0.39, 0.29) is 6.29 Å². The molecule has 0 atom stereocenters. The van der Waals surface area contributed by atoms with Crippen molar-refractivity contribution in [3.05, 3.63) is 29.8 Å². The molecule has 0 saturated heterocycles. The van der Waals surface area contributed by atoms with Crippen molar-refractivity contribution in [2.45, 2.75) is 26.6 Å². The average molecular weight is 248 g/mol. The molecule has 98 valence electrons. The number of anilines is 1. The lowest BCUT2D eigenvalue weighted by Crippen LogP contribution is -2.21. The number of benzene rings is 1. The van der Waals surface area contributed by atoms with Crippen LogP contribution in [0.25, 0.3) is 0 Å². The SMILES string of the molecule is CCOC(CCNc1ccc(C#N)cc1)OCC. The second kappa shape index (κ2) is 8.51. The normalized spacial score (nSPS) is 10.3. The molecule has 0 unspecified atom stereocenters. The minimum Gasteiger partial charge on any atom is -0.385 e. The summed E-state index contributed by atoms with van der Waals surface area (Å²) in [7, 11) is 0. The van der Waals surface area contributed by atoms with E-state index in [1.165, 1.54) is 0 Å². The van der Waals surface area contributed by atoms with Crippen LogP contribution in [-0.4, -0.2) is 26.0 Å². The minimum atomic E-state index is -0.147. The summed E-state index contributed by atoms with van der Waals surface area (Å²) in [5, 5.41) is 12.0. The number of hydrogen-bond donors (Lipinski definition) is 1. The van der Waals surface area contributed by atoms with Crippen molar-refractivity contribution < 1.29 is 9.47 Å². The van der Waals surface area contributed by atoms with Gasteiger partial charge in [0.05, 0.1) is 11.6 Å². The smallest absolute Gasteiger partial charge is 0.159 e. The average Bonchev–Trinajstić information content (AvgIpc) is 2.40. The molecule has 0 amide bonds. The fraction of sp³-hybridized carbons (Fsp3) is 0.500. The van der Waals surface area contributed by atoms with E-state index in [4.69, 9.17) is 14.7 Å². The van der Waals surface area contributed by atoms with E-state index in [9.17, 15) is 0 Å². The summed E-state index contributed by atoms with van der Waals surface area (Å²) >= 11 is 0. The summed E-state index contributed by atoms with van der Waals surface area (Å²) < 4.78 is 10.9. The highest BCUT2D eigenvalue weighted by molar-refractivity contribution is 5.46. The third kappa shape index (κ3) is 5.17. The zero-order chi connectivity index (χ0) is 13.2. The van der Waals surface area contributed by atoms with E-state index in [0.29, 0.717) is 18.8 Å². The number of nitrogens with one attached hydrogen (secondary N) is 1. The molecule has 1 aromatic rings. The summed E-state index contributed by atoms with van der Waals surface area (Å²) in [5.41, 5.74) is 1.67. The van der Waals surface area contributed by atoms with Gasteiger partial charge in [-0.3, -0.25) is 0 Å². The summed E-state index contributed by atoms with van der Waals surface area (Å²) in [4.78, 5) is 0. The quantitative estimate of drug-likeness (QED) is 0.719. The van der Waals surface area contributed by atoms with Crippen LogP contribution in [0.15, 0.2) is 24.3 Å². The molecule has 1 aromatic carbocycles. The van der Waals surface area contributed by atoms with Crippen LogP contribution >= 0.6 is 0 Å². The molecule has 0 heterocycles. The predicted octanol–water partition coefficient (Wildman–Crippen LogP) is 2.76. The van der Waals surface area contributed by atoms with Gasteiger partial charge in [0, 0.05) is 31.9 Å². The molecule has 0 saturated carbocycles. The second-order valence-electron chi connectivity index (χ2n) is 3.74. The van der Waals surface area contributed by atoms with Gasteiger partial charge in [-0.15, -0.1) is 0 Å². The highest BCUT2D eigenvalue weighted by Gasteiger charge is 2.06. The lowest BCUT2D eigenvalue weighted by molar-refractivity contribution is -0.137. The lowest BCUT2D eigenvalue weighted by atomic mass is 10.2. The monoisotopic (exact) mass is 248 g/mol. The van der Waals surface area contributed by atoms with Gasteiger partial charge >= 0.3 is 0 Å². The summed E-state index contributed by atoms with van der Waals surface area (Å²) in [5.74, 6) is 0. The summed E-state index contributed by atoms with van der Waals surface area (Å²) in [6.45, 7) is 6.00. The van der Waals surface area contributed by atoms with Gasteiger partial charge in [-0.1, -0.05) is 0 Å². The van der Waals surface area contributed by atoms with Gasteiger partial charge in [-0.25, -0.2) is 0 Å². The number of ether oxygens (including phenoxy) is 2. The van der Waals surface area contributed by atoms with Crippen molar-refractivity contribution in [2.75, 3.05) is 25.1 Å². The lowest BCUT2D eigenvalue weighted by Gasteiger charge is -2.17. The molecule has 0 spiro atoms. The molecule has 0 aliphatic heterocycles. The van der Waals surface area contributed by atoms with Crippen molar-refractivity contribution >= 4 is 5.69 Å². The van der Waals surface area contributed by atoms with E-state index < -0.39 is 0 Å². The molecule has 18 heavy (non-hydrogen) atoms. The molecule has 0 aliphatic carbocycles. The Hall–Kier alpha value is -1.57. The molecule has 1 rings (SSSR count). The van der Waals surface area contributed by atoms with Crippen LogP contribution in [-0.2, 0) is 9.47 Å². The Morgan fingerprint density at radius 2 is 1.78 bits per heavy atom. The van der Waals surface area contributed by atoms with Crippen molar-refractivity contribution in [2.24, 2.45) is 0 Å².